The van der Waals surface area contributed by atoms with Gasteiger partial charge in [0.25, 0.3) is 0 Å². The maximum absolute atomic E-state index is 11.9. The zero-order chi connectivity index (χ0) is 13.0. The molecule has 0 aromatic carbocycles. The van der Waals surface area contributed by atoms with E-state index in [1.54, 1.807) is 0 Å². The molecule has 0 aromatic heterocycles. The first-order valence-electron chi connectivity index (χ1n) is 6.60. The summed E-state index contributed by atoms with van der Waals surface area (Å²) in [6.45, 7) is 6.33. The average molecular weight is 271 g/mol. The van der Waals surface area contributed by atoms with E-state index in [0.717, 1.165) is 26.2 Å². The van der Waals surface area contributed by atoms with Gasteiger partial charge in [0, 0.05) is 44.2 Å². The van der Waals surface area contributed by atoms with Gasteiger partial charge in [0.2, 0.25) is 11.8 Å². The molecule has 2 rings (SSSR count). The molecule has 0 bridgehead atoms. The highest BCUT2D eigenvalue weighted by atomic mass is 32.2. The molecular weight excluding hydrogens is 250 g/mol. The van der Waals surface area contributed by atoms with Crippen LogP contribution in [0.15, 0.2) is 0 Å². The van der Waals surface area contributed by atoms with Crippen LogP contribution in [0, 0.1) is 0 Å². The van der Waals surface area contributed by atoms with Gasteiger partial charge in [-0.3, -0.25) is 14.5 Å². The Morgan fingerprint density at radius 3 is 2.67 bits per heavy atom. The Kier molecular flexibility index (Phi) is 5.03. The lowest BCUT2D eigenvalue weighted by molar-refractivity contribution is -0.138. The van der Waals surface area contributed by atoms with E-state index in [1.165, 1.54) is 16.4 Å². The number of carbonyl (C=O) groups excluding carboxylic acids is 2. The Morgan fingerprint density at radius 1 is 1.33 bits per heavy atom. The molecule has 0 radical (unpaired) electrons. The van der Waals surface area contributed by atoms with Crippen molar-refractivity contribution >= 4 is 23.6 Å². The first kappa shape index (κ1) is 13.8. The second-order valence-corrected chi connectivity index (χ2v) is 5.87. The number of hydrogen-bond acceptors (Lipinski definition) is 5. The molecule has 0 spiro atoms. The topological polar surface area (TPSA) is 52.7 Å². The van der Waals surface area contributed by atoms with Gasteiger partial charge < -0.3 is 10.2 Å². The molecule has 6 heteroatoms. The maximum Gasteiger partial charge on any atom is 0.246 e. The molecule has 5 nitrogen and oxygen atoms in total. The van der Waals surface area contributed by atoms with Gasteiger partial charge in [0.1, 0.15) is 0 Å². The molecule has 18 heavy (non-hydrogen) atoms. The van der Waals surface area contributed by atoms with E-state index in [1.807, 2.05) is 18.7 Å². The summed E-state index contributed by atoms with van der Waals surface area (Å²) in [5.74, 6) is 2.29. The fourth-order valence-corrected chi connectivity index (χ4v) is 3.38. The monoisotopic (exact) mass is 271 g/mol. The molecule has 2 fully saturated rings. The van der Waals surface area contributed by atoms with Gasteiger partial charge in [-0.25, -0.2) is 0 Å². The zero-order valence-corrected chi connectivity index (χ0v) is 11.7. The van der Waals surface area contributed by atoms with Crippen molar-refractivity contribution in [2.75, 3.05) is 44.2 Å². The number of amides is 2. The van der Waals surface area contributed by atoms with Gasteiger partial charge in [0.15, 0.2) is 0 Å². The molecule has 0 saturated carbocycles. The second-order valence-electron chi connectivity index (χ2n) is 4.64. The van der Waals surface area contributed by atoms with Crippen LogP contribution < -0.4 is 5.32 Å². The molecule has 2 aliphatic rings. The highest BCUT2D eigenvalue weighted by Crippen LogP contribution is 2.12. The third-order valence-corrected chi connectivity index (χ3v) is 4.43. The van der Waals surface area contributed by atoms with Gasteiger partial charge in [-0.15, -0.1) is 0 Å². The Hall–Kier alpha value is -0.590. The predicted molar refractivity (Wildman–Crippen MR) is 72.6 cm³/mol. The lowest BCUT2D eigenvalue weighted by atomic mass is 10.2. The standard InChI is InChI=1S/C12H21N3O2S/c1-2-15-11(16)9-10(12(15)17)13-3-4-14-5-7-18-8-6-14/h10,13H,2-9H2,1H3. The molecule has 0 aromatic rings. The Morgan fingerprint density at radius 2 is 2.06 bits per heavy atom. The Balaban J connectivity index is 1.70. The van der Waals surface area contributed by atoms with Crippen molar-refractivity contribution in [3.8, 4) is 0 Å². The van der Waals surface area contributed by atoms with Crippen molar-refractivity contribution in [1.82, 2.24) is 15.1 Å². The molecule has 1 unspecified atom stereocenters. The highest BCUT2D eigenvalue weighted by molar-refractivity contribution is 7.99. The quantitative estimate of drug-likeness (QED) is 0.700. The van der Waals surface area contributed by atoms with E-state index in [9.17, 15) is 9.59 Å². The lowest BCUT2D eigenvalue weighted by Crippen LogP contribution is -2.43. The number of imide groups is 1. The van der Waals surface area contributed by atoms with Gasteiger partial charge in [-0.1, -0.05) is 0 Å². The summed E-state index contributed by atoms with van der Waals surface area (Å²) in [7, 11) is 0. The minimum Gasteiger partial charge on any atom is -0.304 e. The number of hydrogen-bond donors (Lipinski definition) is 1. The molecule has 1 atom stereocenters. The fourth-order valence-electron chi connectivity index (χ4n) is 2.40. The summed E-state index contributed by atoms with van der Waals surface area (Å²) in [4.78, 5) is 27.1. The first-order valence-corrected chi connectivity index (χ1v) is 7.75. The van der Waals surface area contributed by atoms with Crippen LogP contribution in [0.3, 0.4) is 0 Å². The van der Waals surface area contributed by atoms with Crippen LogP contribution in [0.25, 0.3) is 0 Å². The van der Waals surface area contributed by atoms with Gasteiger partial charge in [-0.2, -0.15) is 11.8 Å². The van der Waals surface area contributed by atoms with Crippen molar-refractivity contribution < 1.29 is 9.59 Å². The zero-order valence-electron chi connectivity index (χ0n) is 10.9. The third-order valence-electron chi connectivity index (χ3n) is 3.48. The Labute approximate surface area is 112 Å². The van der Waals surface area contributed by atoms with Crippen LogP contribution in [0.5, 0.6) is 0 Å². The summed E-state index contributed by atoms with van der Waals surface area (Å²) in [5.41, 5.74) is 0. The SMILES string of the molecule is CCN1C(=O)CC(NCCN2CCSCC2)C1=O. The molecule has 102 valence electrons. The van der Waals surface area contributed by atoms with Crippen molar-refractivity contribution in [2.24, 2.45) is 0 Å². The van der Waals surface area contributed by atoms with E-state index in [-0.39, 0.29) is 17.9 Å². The lowest BCUT2D eigenvalue weighted by Gasteiger charge is -2.26. The highest BCUT2D eigenvalue weighted by Gasteiger charge is 2.36. The minimum atomic E-state index is -0.295. The molecule has 2 heterocycles. The number of carbonyl (C=O) groups is 2. The minimum absolute atomic E-state index is 0.0469. The van der Waals surface area contributed by atoms with Gasteiger partial charge in [0.05, 0.1) is 12.5 Å². The largest absolute Gasteiger partial charge is 0.304 e. The van der Waals surface area contributed by atoms with Crippen LogP contribution in [0.4, 0.5) is 0 Å². The van der Waals surface area contributed by atoms with E-state index in [4.69, 9.17) is 0 Å². The predicted octanol–water partition coefficient (Wildman–Crippen LogP) is -0.228. The maximum atomic E-state index is 11.9. The third kappa shape index (κ3) is 3.24. The van der Waals surface area contributed by atoms with E-state index >= 15 is 0 Å². The summed E-state index contributed by atoms with van der Waals surface area (Å²) in [5, 5.41) is 3.21. The molecule has 0 aliphatic carbocycles. The Bertz CT molecular complexity index is 318. The van der Waals surface area contributed by atoms with Crippen LogP contribution >= 0.6 is 11.8 Å². The van der Waals surface area contributed by atoms with Crippen molar-refractivity contribution in [2.45, 2.75) is 19.4 Å². The molecule has 2 aliphatic heterocycles. The van der Waals surface area contributed by atoms with Gasteiger partial charge in [-0.05, 0) is 6.92 Å². The van der Waals surface area contributed by atoms with E-state index in [2.05, 4.69) is 10.2 Å². The van der Waals surface area contributed by atoms with Gasteiger partial charge >= 0.3 is 0 Å². The first-order chi connectivity index (χ1) is 8.72. The number of nitrogens with zero attached hydrogens (tertiary/aromatic N) is 2. The average Bonchev–Trinajstić information content (AvgIpc) is 2.65. The van der Waals surface area contributed by atoms with Crippen LogP contribution in [0.2, 0.25) is 0 Å². The molecule has 1 N–H and O–H groups in total. The number of thioether (sulfide) groups is 1. The summed E-state index contributed by atoms with van der Waals surface area (Å²) < 4.78 is 0. The number of likely N-dealkylation sites (tertiary alicyclic amines) is 1. The number of likely N-dealkylation sites (N-methyl/N-ethyl adjacent to an activating group) is 1. The fraction of sp³-hybridized carbons (Fsp3) is 0.833. The number of nitrogens with one attached hydrogen (secondary N) is 1. The summed E-state index contributed by atoms with van der Waals surface area (Å²) >= 11 is 1.99. The summed E-state index contributed by atoms with van der Waals surface area (Å²) in [6.07, 6.45) is 0.322. The van der Waals surface area contributed by atoms with E-state index in [0.29, 0.717) is 13.0 Å². The summed E-state index contributed by atoms with van der Waals surface area (Å²) in [6, 6.07) is -0.295. The van der Waals surface area contributed by atoms with Crippen molar-refractivity contribution in [1.29, 1.82) is 0 Å². The smallest absolute Gasteiger partial charge is 0.246 e. The number of rotatable bonds is 5. The normalized spacial score (nSPS) is 26.1. The van der Waals surface area contributed by atoms with Crippen LogP contribution in [-0.2, 0) is 9.59 Å². The van der Waals surface area contributed by atoms with Crippen LogP contribution in [-0.4, -0.2) is 71.9 Å². The van der Waals surface area contributed by atoms with Crippen LogP contribution in [0.1, 0.15) is 13.3 Å². The molecule has 2 amide bonds. The van der Waals surface area contributed by atoms with Crippen molar-refractivity contribution in [3.05, 3.63) is 0 Å². The molecule has 2 saturated heterocycles. The molecular formula is C12H21N3O2S. The van der Waals surface area contributed by atoms with E-state index < -0.39 is 0 Å². The van der Waals surface area contributed by atoms with Crippen molar-refractivity contribution in [3.63, 3.8) is 0 Å². The second kappa shape index (κ2) is 6.54.